The maximum Gasteiger partial charge on any atom is 0.138 e. The highest BCUT2D eigenvalue weighted by atomic mass is 32.1. The number of anilines is 1. The van der Waals surface area contributed by atoms with Crippen LogP contribution in [0.2, 0.25) is 0 Å². The second-order valence-corrected chi connectivity index (χ2v) is 8.38. The number of benzene rings is 2. The molecule has 7 heteroatoms. The van der Waals surface area contributed by atoms with Crippen molar-refractivity contribution in [3.05, 3.63) is 42.2 Å². The second-order valence-electron chi connectivity index (χ2n) is 7.61. The Morgan fingerprint density at radius 2 is 1.64 bits per heavy atom. The van der Waals surface area contributed by atoms with Crippen LogP contribution < -0.4 is 4.90 Å². The van der Waals surface area contributed by atoms with Crippen molar-refractivity contribution in [1.82, 2.24) is 24.8 Å². The molecule has 1 fully saturated rings. The summed E-state index contributed by atoms with van der Waals surface area (Å²) in [6.07, 6.45) is 0. The van der Waals surface area contributed by atoms with Gasteiger partial charge < -0.3 is 19.8 Å². The first kappa shape index (κ1) is 17.6. The molecule has 2 N–H and O–H groups in total. The van der Waals surface area contributed by atoms with E-state index in [-0.39, 0.29) is 5.25 Å². The molecule has 28 heavy (non-hydrogen) atoms. The summed E-state index contributed by atoms with van der Waals surface area (Å²) in [6.45, 7) is 6.34. The summed E-state index contributed by atoms with van der Waals surface area (Å²) < 4.78 is 0. The molecule has 2 aromatic heterocycles. The lowest BCUT2D eigenvalue weighted by Crippen LogP contribution is -2.44. The third-order valence-corrected chi connectivity index (χ3v) is 5.75. The number of rotatable bonds is 3. The van der Waals surface area contributed by atoms with E-state index < -0.39 is 0 Å². The number of thiol groups is 1. The van der Waals surface area contributed by atoms with Crippen LogP contribution in [0.15, 0.2) is 36.4 Å². The lowest BCUT2D eigenvalue weighted by atomic mass is 10.2. The van der Waals surface area contributed by atoms with Gasteiger partial charge in [-0.3, -0.25) is 0 Å². The first-order chi connectivity index (χ1) is 13.6. The molecule has 1 aliphatic rings. The molecule has 3 heterocycles. The van der Waals surface area contributed by atoms with E-state index in [1.54, 1.807) is 0 Å². The third-order valence-electron chi connectivity index (χ3n) is 5.50. The molecule has 0 saturated carbocycles. The highest BCUT2D eigenvalue weighted by Crippen LogP contribution is 2.28. The van der Waals surface area contributed by atoms with Crippen molar-refractivity contribution < 1.29 is 0 Å². The minimum atomic E-state index is 0.0787. The SMILES string of the molecule is CC(S)c1nc2ccc(-c3nc4ccc(N5CCN(C)CC5)cc4[nH]3)cc2[nH]1. The van der Waals surface area contributed by atoms with Crippen LogP contribution in [0.1, 0.15) is 18.0 Å². The molecule has 0 amide bonds. The first-order valence-corrected chi connectivity index (χ1v) is 10.2. The van der Waals surface area contributed by atoms with Crippen molar-refractivity contribution in [2.75, 3.05) is 38.1 Å². The van der Waals surface area contributed by atoms with E-state index in [0.29, 0.717) is 0 Å². The van der Waals surface area contributed by atoms with Crippen molar-refractivity contribution in [3.63, 3.8) is 0 Å². The van der Waals surface area contributed by atoms with Crippen LogP contribution in [0.4, 0.5) is 5.69 Å². The van der Waals surface area contributed by atoms with Gasteiger partial charge in [0, 0.05) is 37.4 Å². The van der Waals surface area contributed by atoms with E-state index in [2.05, 4.69) is 74.8 Å². The quantitative estimate of drug-likeness (QED) is 0.464. The Hall–Kier alpha value is -2.51. The summed E-state index contributed by atoms with van der Waals surface area (Å²) in [5.74, 6) is 1.76. The Morgan fingerprint density at radius 1 is 0.929 bits per heavy atom. The van der Waals surface area contributed by atoms with Crippen molar-refractivity contribution in [1.29, 1.82) is 0 Å². The van der Waals surface area contributed by atoms with Crippen LogP contribution in [0, 0.1) is 0 Å². The topological polar surface area (TPSA) is 63.8 Å². The van der Waals surface area contributed by atoms with Crippen molar-refractivity contribution >= 4 is 40.4 Å². The minimum Gasteiger partial charge on any atom is -0.369 e. The zero-order chi connectivity index (χ0) is 19.3. The number of aromatic amines is 2. The Kier molecular flexibility index (Phi) is 4.29. The number of piperazine rings is 1. The van der Waals surface area contributed by atoms with E-state index in [1.165, 1.54) is 5.69 Å². The predicted octanol–water partition coefficient (Wildman–Crippen LogP) is 3.85. The summed E-state index contributed by atoms with van der Waals surface area (Å²) >= 11 is 4.47. The molecule has 1 saturated heterocycles. The smallest absolute Gasteiger partial charge is 0.138 e. The van der Waals surface area contributed by atoms with Gasteiger partial charge in [0.15, 0.2) is 0 Å². The fourth-order valence-corrected chi connectivity index (χ4v) is 3.89. The number of hydrogen-bond donors (Lipinski definition) is 3. The Balaban J connectivity index is 1.48. The molecule has 2 aromatic carbocycles. The molecule has 5 rings (SSSR count). The molecular weight excluding hydrogens is 368 g/mol. The maximum absolute atomic E-state index is 4.80. The van der Waals surface area contributed by atoms with E-state index in [4.69, 9.17) is 4.98 Å². The minimum absolute atomic E-state index is 0.0787. The van der Waals surface area contributed by atoms with Crippen LogP contribution in [0.5, 0.6) is 0 Å². The predicted molar refractivity (Wildman–Crippen MR) is 118 cm³/mol. The monoisotopic (exact) mass is 392 g/mol. The van der Waals surface area contributed by atoms with Gasteiger partial charge in [-0.1, -0.05) is 0 Å². The van der Waals surface area contributed by atoms with E-state index in [0.717, 1.165) is 65.5 Å². The number of hydrogen-bond acceptors (Lipinski definition) is 5. The van der Waals surface area contributed by atoms with Gasteiger partial charge in [0.25, 0.3) is 0 Å². The van der Waals surface area contributed by atoms with Gasteiger partial charge in [0.1, 0.15) is 11.6 Å². The summed E-state index contributed by atoms with van der Waals surface area (Å²) in [4.78, 5) is 21.0. The average molecular weight is 393 g/mol. The number of imidazole rings is 2. The van der Waals surface area contributed by atoms with E-state index >= 15 is 0 Å². The highest BCUT2D eigenvalue weighted by Gasteiger charge is 2.16. The van der Waals surface area contributed by atoms with Gasteiger partial charge in [-0.15, -0.1) is 0 Å². The Bertz CT molecular complexity index is 1140. The van der Waals surface area contributed by atoms with Crippen LogP contribution >= 0.6 is 12.6 Å². The molecular formula is C21H24N6S. The van der Waals surface area contributed by atoms with Crippen molar-refractivity contribution in [2.45, 2.75) is 12.2 Å². The number of aromatic nitrogens is 4. The Morgan fingerprint density at radius 3 is 2.43 bits per heavy atom. The normalized spacial score (nSPS) is 16.9. The van der Waals surface area contributed by atoms with Crippen LogP contribution in [-0.4, -0.2) is 58.1 Å². The summed E-state index contributed by atoms with van der Waals surface area (Å²) in [5.41, 5.74) is 6.32. The van der Waals surface area contributed by atoms with Crippen LogP contribution in [-0.2, 0) is 0 Å². The maximum atomic E-state index is 4.80. The average Bonchev–Trinajstić information content (AvgIpc) is 3.31. The molecule has 4 aromatic rings. The summed E-state index contributed by atoms with van der Waals surface area (Å²) in [7, 11) is 2.18. The standard InChI is InChI=1S/C21H24N6S/c1-13(28)20-22-16-5-3-14(11-18(16)24-20)21-23-17-6-4-15(12-19(17)25-21)27-9-7-26(2)8-10-27/h3-6,11-13,28H,7-10H2,1-2H3,(H,22,24)(H,23,25). The first-order valence-electron chi connectivity index (χ1n) is 9.68. The number of nitrogens with zero attached hydrogens (tertiary/aromatic N) is 4. The molecule has 6 nitrogen and oxygen atoms in total. The lowest BCUT2D eigenvalue weighted by molar-refractivity contribution is 0.313. The van der Waals surface area contributed by atoms with Gasteiger partial charge in [-0.25, -0.2) is 9.97 Å². The molecule has 0 radical (unpaired) electrons. The molecule has 0 bridgehead atoms. The van der Waals surface area contributed by atoms with Crippen LogP contribution in [0.3, 0.4) is 0 Å². The summed E-state index contributed by atoms with van der Waals surface area (Å²) in [5, 5.41) is 0.0787. The van der Waals surface area contributed by atoms with Gasteiger partial charge in [-0.05, 0) is 50.4 Å². The third kappa shape index (κ3) is 3.14. The lowest BCUT2D eigenvalue weighted by Gasteiger charge is -2.34. The van der Waals surface area contributed by atoms with Gasteiger partial charge in [0.05, 0.1) is 27.3 Å². The zero-order valence-electron chi connectivity index (χ0n) is 16.1. The molecule has 0 spiro atoms. The largest absolute Gasteiger partial charge is 0.369 e. The van der Waals surface area contributed by atoms with Gasteiger partial charge in [0.2, 0.25) is 0 Å². The van der Waals surface area contributed by atoms with Crippen molar-refractivity contribution in [2.24, 2.45) is 0 Å². The number of nitrogens with one attached hydrogen (secondary N) is 2. The second kappa shape index (κ2) is 6.83. The molecule has 0 aliphatic carbocycles. The van der Waals surface area contributed by atoms with E-state index in [9.17, 15) is 0 Å². The fraction of sp³-hybridized carbons (Fsp3) is 0.333. The van der Waals surface area contributed by atoms with Crippen LogP contribution in [0.25, 0.3) is 33.5 Å². The molecule has 1 aliphatic heterocycles. The van der Waals surface area contributed by atoms with Gasteiger partial charge in [-0.2, -0.15) is 12.6 Å². The number of H-pyrrole nitrogens is 2. The number of likely N-dealkylation sites (N-methyl/N-ethyl adjacent to an activating group) is 1. The Labute approximate surface area is 169 Å². The zero-order valence-corrected chi connectivity index (χ0v) is 17.0. The number of fused-ring (bicyclic) bond motifs is 2. The highest BCUT2D eigenvalue weighted by molar-refractivity contribution is 7.80. The molecule has 1 unspecified atom stereocenters. The molecule has 144 valence electrons. The molecule has 1 atom stereocenters. The van der Waals surface area contributed by atoms with Crippen molar-refractivity contribution in [3.8, 4) is 11.4 Å². The van der Waals surface area contributed by atoms with Gasteiger partial charge >= 0.3 is 0 Å². The fourth-order valence-electron chi connectivity index (χ4n) is 3.77. The van der Waals surface area contributed by atoms with E-state index in [1.807, 2.05) is 13.0 Å². The summed E-state index contributed by atoms with van der Waals surface area (Å²) in [6, 6.07) is 12.7.